The summed E-state index contributed by atoms with van der Waals surface area (Å²) in [7, 11) is 0. The highest BCUT2D eigenvalue weighted by Crippen LogP contribution is 2.30. The molecule has 0 spiro atoms. The van der Waals surface area contributed by atoms with Crippen molar-refractivity contribution in [2.75, 3.05) is 16.8 Å². The lowest BCUT2D eigenvalue weighted by Gasteiger charge is -2.11. The van der Waals surface area contributed by atoms with Crippen molar-refractivity contribution in [2.24, 2.45) is 5.92 Å². The third kappa shape index (κ3) is 2.08. The third-order valence-corrected chi connectivity index (χ3v) is 4.68. The summed E-state index contributed by atoms with van der Waals surface area (Å²) in [5.41, 5.74) is 1.03. The van der Waals surface area contributed by atoms with Crippen molar-refractivity contribution in [3.05, 3.63) is 10.6 Å². The first-order chi connectivity index (χ1) is 7.11. The van der Waals surface area contributed by atoms with E-state index in [0.29, 0.717) is 12.3 Å². The van der Waals surface area contributed by atoms with Crippen molar-refractivity contribution >= 4 is 38.3 Å². The van der Waals surface area contributed by atoms with Crippen LogP contribution in [0.4, 0.5) is 5.13 Å². The van der Waals surface area contributed by atoms with Crippen LogP contribution in [0.1, 0.15) is 17.0 Å². The minimum atomic E-state index is 0.202. The first kappa shape index (κ1) is 11.1. The standard InChI is InChI=1S/C10H13BrN2OS/c1-6-7(2)15-10(12-6)13-5-8(4-11)3-9(13)14/h8H,3-5H2,1-2H3. The number of thiazole rings is 1. The predicted molar refractivity (Wildman–Crippen MR) is 65.8 cm³/mol. The second kappa shape index (κ2) is 4.22. The van der Waals surface area contributed by atoms with E-state index in [-0.39, 0.29) is 5.91 Å². The van der Waals surface area contributed by atoms with Gasteiger partial charge in [-0.05, 0) is 19.8 Å². The monoisotopic (exact) mass is 288 g/mol. The number of hydrogen-bond donors (Lipinski definition) is 0. The Morgan fingerprint density at radius 3 is 2.80 bits per heavy atom. The van der Waals surface area contributed by atoms with E-state index in [9.17, 15) is 4.79 Å². The van der Waals surface area contributed by atoms with Gasteiger partial charge in [-0.3, -0.25) is 9.69 Å². The number of carbonyl (C=O) groups excluding carboxylic acids is 1. The van der Waals surface area contributed by atoms with Gasteiger partial charge in [0.15, 0.2) is 5.13 Å². The maximum absolute atomic E-state index is 11.7. The molecule has 1 aliphatic rings. The normalized spacial score (nSPS) is 21.4. The van der Waals surface area contributed by atoms with Gasteiger partial charge in [0.1, 0.15) is 0 Å². The van der Waals surface area contributed by atoms with Gasteiger partial charge < -0.3 is 0 Å². The molecule has 15 heavy (non-hydrogen) atoms. The molecule has 0 aromatic carbocycles. The second-order valence-corrected chi connectivity index (χ2v) is 5.70. The zero-order chi connectivity index (χ0) is 11.0. The fourth-order valence-electron chi connectivity index (χ4n) is 1.64. The Balaban J connectivity index is 2.21. The summed E-state index contributed by atoms with van der Waals surface area (Å²) < 4.78 is 0. The Bertz CT molecular complexity index is 371. The number of hydrogen-bond acceptors (Lipinski definition) is 3. The van der Waals surface area contributed by atoms with E-state index in [4.69, 9.17) is 0 Å². The fraction of sp³-hybridized carbons (Fsp3) is 0.600. The summed E-state index contributed by atoms with van der Waals surface area (Å²) in [5, 5.41) is 1.75. The molecule has 1 aliphatic heterocycles. The van der Waals surface area contributed by atoms with Crippen molar-refractivity contribution < 1.29 is 4.79 Å². The van der Waals surface area contributed by atoms with Crippen molar-refractivity contribution in [1.29, 1.82) is 0 Å². The maximum Gasteiger partial charge on any atom is 0.229 e. The highest BCUT2D eigenvalue weighted by molar-refractivity contribution is 9.09. The van der Waals surface area contributed by atoms with Crippen molar-refractivity contribution in [1.82, 2.24) is 4.98 Å². The molecule has 0 aliphatic carbocycles. The van der Waals surface area contributed by atoms with Crippen LogP contribution < -0.4 is 4.90 Å². The summed E-state index contributed by atoms with van der Waals surface area (Å²) >= 11 is 5.03. The molecule has 1 amide bonds. The van der Waals surface area contributed by atoms with Gasteiger partial charge in [0.05, 0.1) is 5.69 Å². The topological polar surface area (TPSA) is 33.2 Å². The lowest BCUT2D eigenvalue weighted by molar-refractivity contribution is -0.117. The molecule has 1 atom stereocenters. The minimum Gasteiger partial charge on any atom is -0.288 e. The smallest absolute Gasteiger partial charge is 0.229 e. The molecule has 1 aromatic rings. The van der Waals surface area contributed by atoms with Crippen LogP contribution in [0.5, 0.6) is 0 Å². The SMILES string of the molecule is Cc1nc(N2CC(CBr)CC2=O)sc1C. The molecular weight excluding hydrogens is 276 g/mol. The van der Waals surface area contributed by atoms with Crippen LogP contribution >= 0.6 is 27.3 Å². The molecule has 1 unspecified atom stereocenters. The van der Waals surface area contributed by atoms with Crippen LogP contribution in [0.3, 0.4) is 0 Å². The molecule has 1 aromatic heterocycles. The van der Waals surface area contributed by atoms with Crippen molar-refractivity contribution in [3.63, 3.8) is 0 Å². The van der Waals surface area contributed by atoms with Crippen molar-refractivity contribution in [3.8, 4) is 0 Å². The molecule has 1 fully saturated rings. The van der Waals surface area contributed by atoms with Crippen LogP contribution in [0.15, 0.2) is 0 Å². The molecule has 0 N–H and O–H groups in total. The average molecular weight is 289 g/mol. The number of carbonyl (C=O) groups is 1. The number of nitrogens with zero attached hydrogens (tertiary/aromatic N) is 2. The molecule has 0 radical (unpaired) electrons. The molecule has 82 valence electrons. The van der Waals surface area contributed by atoms with Gasteiger partial charge in [-0.25, -0.2) is 4.98 Å². The molecule has 0 bridgehead atoms. The van der Waals surface area contributed by atoms with Gasteiger partial charge >= 0.3 is 0 Å². The van der Waals surface area contributed by atoms with Crippen molar-refractivity contribution in [2.45, 2.75) is 20.3 Å². The number of aromatic nitrogens is 1. The second-order valence-electron chi connectivity index (χ2n) is 3.87. The Morgan fingerprint density at radius 1 is 1.60 bits per heavy atom. The van der Waals surface area contributed by atoms with Crippen LogP contribution in [0.2, 0.25) is 0 Å². The highest BCUT2D eigenvalue weighted by Gasteiger charge is 2.31. The van der Waals surface area contributed by atoms with E-state index in [2.05, 4.69) is 20.9 Å². The number of rotatable bonds is 2. The molecule has 0 saturated carbocycles. The summed E-state index contributed by atoms with van der Waals surface area (Å²) in [4.78, 5) is 19.2. The number of halogens is 1. The number of alkyl halides is 1. The summed E-state index contributed by atoms with van der Waals surface area (Å²) in [6.45, 7) is 4.83. The Morgan fingerprint density at radius 2 is 2.33 bits per heavy atom. The van der Waals surface area contributed by atoms with Crippen LogP contribution in [0, 0.1) is 19.8 Å². The van der Waals surface area contributed by atoms with E-state index in [0.717, 1.165) is 22.7 Å². The molecule has 5 heteroatoms. The Kier molecular flexibility index (Phi) is 3.11. The van der Waals surface area contributed by atoms with Gasteiger partial charge in [-0.2, -0.15) is 0 Å². The predicted octanol–water partition coefficient (Wildman–Crippen LogP) is 2.51. The Labute approximate surface area is 102 Å². The van der Waals surface area contributed by atoms with Crippen LogP contribution in [0.25, 0.3) is 0 Å². The van der Waals surface area contributed by atoms with Gasteiger partial charge in [-0.1, -0.05) is 15.9 Å². The van der Waals surface area contributed by atoms with Gasteiger partial charge in [-0.15, -0.1) is 11.3 Å². The average Bonchev–Trinajstić information content (AvgIpc) is 2.71. The summed E-state index contributed by atoms with van der Waals surface area (Å²) in [5.74, 6) is 0.634. The van der Waals surface area contributed by atoms with E-state index in [1.807, 2.05) is 18.7 Å². The van der Waals surface area contributed by atoms with E-state index in [1.165, 1.54) is 4.88 Å². The molecular formula is C10H13BrN2OS. The number of anilines is 1. The van der Waals surface area contributed by atoms with Crippen LogP contribution in [-0.4, -0.2) is 22.8 Å². The first-order valence-electron chi connectivity index (χ1n) is 4.92. The summed E-state index contributed by atoms with van der Waals surface area (Å²) in [6.07, 6.45) is 0.642. The van der Waals surface area contributed by atoms with E-state index in [1.54, 1.807) is 11.3 Å². The molecule has 2 rings (SSSR count). The van der Waals surface area contributed by atoms with Crippen LogP contribution in [-0.2, 0) is 4.79 Å². The number of aryl methyl sites for hydroxylation is 2. The third-order valence-electron chi connectivity index (χ3n) is 2.67. The van der Waals surface area contributed by atoms with Gasteiger partial charge in [0.25, 0.3) is 0 Å². The minimum absolute atomic E-state index is 0.202. The first-order valence-corrected chi connectivity index (χ1v) is 6.86. The maximum atomic E-state index is 11.7. The quantitative estimate of drug-likeness (QED) is 0.784. The lowest BCUT2D eigenvalue weighted by Crippen LogP contribution is -2.24. The fourth-order valence-corrected chi connectivity index (χ4v) is 3.01. The molecule has 1 saturated heterocycles. The highest BCUT2D eigenvalue weighted by atomic mass is 79.9. The molecule has 3 nitrogen and oxygen atoms in total. The summed E-state index contributed by atoms with van der Waals surface area (Å²) in [6, 6.07) is 0. The van der Waals surface area contributed by atoms with Gasteiger partial charge in [0.2, 0.25) is 5.91 Å². The van der Waals surface area contributed by atoms with E-state index >= 15 is 0 Å². The van der Waals surface area contributed by atoms with Gasteiger partial charge in [0, 0.05) is 23.2 Å². The molecule has 2 heterocycles. The lowest BCUT2D eigenvalue weighted by atomic mass is 10.2. The largest absolute Gasteiger partial charge is 0.288 e. The zero-order valence-electron chi connectivity index (χ0n) is 8.79. The Hall–Kier alpha value is -0.420. The number of amides is 1. The van der Waals surface area contributed by atoms with E-state index < -0.39 is 0 Å². The zero-order valence-corrected chi connectivity index (χ0v) is 11.2.